The monoisotopic (exact) mass is 253 g/mol. The van der Waals surface area contributed by atoms with Crippen LogP contribution in [-0.2, 0) is 0 Å². The largest absolute Gasteiger partial charge is 0.351 e. The van der Waals surface area contributed by atoms with E-state index in [1.807, 2.05) is 45.9 Å². The van der Waals surface area contributed by atoms with Crippen LogP contribution in [0.1, 0.15) is 35.3 Å². The quantitative estimate of drug-likeness (QED) is 0.820. The molecule has 0 saturated heterocycles. The van der Waals surface area contributed by atoms with E-state index in [-0.39, 0.29) is 11.3 Å². The highest BCUT2D eigenvalue weighted by molar-refractivity contribution is 6.18. The minimum absolute atomic E-state index is 0.0237. The molecule has 0 heterocycles. The van der Waals surface area contributed by atoms with E-state index in [1.165, 1.54) is 0 Å². The summed E-state index contributed by atoms with van der Waals surface area (Å²) >= 11 is 5.83. The summed E-state index contributed by atoms with van der Waals surface area (Å²) < 4.78 is 0. The number of carbonyl (C=O) groups excluding carboxylic acids is 1. The second-order valence-corrected chi connectivity index (χ2v) is 5.50. The van der Waals surface area contributed by atoms with Gasteiger partial charge in [-0.05, 0) is 36.5 Å². The van der Waals surface area contributed by atoms with E-state index < -0.39 is 0 Å². The molecule has 0 bridgehead atoms. The van der Waals surface area contributed by atoms with Crippen LogP contribution in [0.4, 0.5) is 0 Å². The Morgan fingerprint density at radius 2 is 2.00 bits per heavy atom. The van der Waals surface area contributed by atoms with Gasteiger partial charge in [0.25, 0.3) is 5.91 Å². The molecule has 0 aliphatic heterocycles. The van der Waals surface area contributed by atoms with Crippen molar-refractivity contribution in [1.82, 2.24) is 5.32 Å². The fourth-order valence-electron chi connectivity index (χ4n) is 1.46. The maximum atomic E-state index is 12.0. The first-order chi connectivity index (χ1) is 7.87. The van der Waals surface area contributed by atoms with E-state index in [9.17, 15) is 4.79 Å². The van der Waals surface area contributed by atoms with Crippen LogP contribution in [0, 0.1) is 19.3 Å². The van der Waals surface area contributed by atoms with Crippen LogP contribution in [0.15, 0.2) is 18.2 Å². The highest BCUT2D eigenvalue weighted by Crippen LogP contribution is 2.16. The normalized spacial score (nSPS) is 11.4. The van der Waals surface area contributed by atoms with Crippen molar-refractivity contribution in [2.45, 2.75) is 27.7 Å². The predicted octanol–water partition coefficient (Wildman–Crippen LogP) is 3.30. The number of aryl methyl sites for hydroxylation is 1. The van der Waals surface area contributed by atoms with Crippen LogP contribution in [0.3, 0.4) is 0 Å². The maximum Gasteiger partial charge on any atom is 0.251 e. The lowest BCUT2D eigenvalue weighted by Gasteiger charge is -2.22. The number of alkyl halides is 1. The zero-order valence-corrected chi connectivity index (χ0v) is 11.7. The number of hydrogen-bond donors (Lipinski definition) is 1. The zero-order chi connectivity index (χ0) is 13.1. The molecule has 17 heavy (non-hydrogen) atoms. The Morgan fingerprint density at radius 1 is 1.35 bits per heavy atom. The van der Waals surface area contributed by atoms with E-state index in [1.54, 1.807) is 0 Å². The van der Waals surface area contributed by atoms with Crippen molar-refractivity contribution in [3.63, 3.8) is 0 Å². The van der Waals surface area contributed by atoms with Crippen LogP contribution in [0.25, 0.3) is 0 Å². The van der Waals surface area contributed by atoms with Crippen LogP contribution < -0.4 is 5.32 Å². The van der Waals surface area contributed by atoms with Crippen molar-refractivity contribution < 1.29 is 4.79 Å². The van der Waals surface area contributed by atoms with Gasteiger partial charge in [-0.25, -0.2) is 0 Å². The maximum absolute atomic E-state index is 12.0. The van der Waals surface area contributed by atoms with Gasteiger partial charge in [-0.1, -0.05) is 26.0 Å². The summed E-state index contributed by atoms with van der Waals surface area (Å²) in [4.78, 5) is 12.0. The third kappa shape index (κ3) is 3.74. The fourth-order valence-corrected chi connectivity index (χ4v) is 1.55. The lowest BCUT2D eigenvalue weighted by molar-refractivity contribution is 0.0939. The molecule has 0 aliphatic rings. The van der Waals surface area contributed by atoms with Gasteiger partial charge in [-0.2, -0.15) is 0 Å². The SMILES string of the molecule is Cc1cccc(C(=O)NCC(C)(C)CCl)c1C. The van der Waals surface area contributed by atoms with Crippen LogP contribution >= 0.6 is 11.6 Å². The topological polar surface area (TPSA) is 29.1 Å². The first-order valence-corrected chi connectivity index (χ1v) is 6.31. The number of halogens is 1. The molecule has 0 atom stereocenters. The third-order valence-corrected chi connectivity index (χ3v) is 3.66. The molecule has 2 nitrogen and oxygen atoms in total. The summed E-state index contributed by atoms with van der Waals surface area (Å²) in [6, 6.07) is 5.77. The van der Waals surface area contributed by atoms with E-state index >= 15 is 0 Å². The Morgan fingerprint density at radius 3 is 2.59 bits per heavy atom. The summed E-state index contributed by atoms with van der Waals surface area (Å²) in [6.45, 7) is 8.63. The molecule has 1 aromatic carbocycles. The summed E-state index contributed by atoms with van der Waals surface area (Å²) in [5, 5.41) is 2.93. The molecule has 94 valence electrons. The van der Waals surface area contributed by atoms with Crippen LogP contribution in [0.5, 0.6) is 0 Å². The zero-order valence-electron chi connectivity index (χ0n) is 10.9. The number of nitrogens with one attached hydrogen (secondary N) is 1. The lowest BCUT2D eigenvalue weighted by atomic mass is 9.96. The Hall–Kier alpha value is -1.02. The molecule has 0 aliphatic carbocycles. The van der Waals surface area contributed by atoms with Gasteiger partial charge in [-0.3, -0.25) is 4.79 Å². The molecule has 1 aromatic rings. The first-order valence-electron chi connectivity index (χ1n) is 5.78. The summed E-state index contributed by atoms with van der Waals surface area (Å²) in [6.07, 6.45) is 0. The van der Waals surface area contributed by atoms with E-state index in [2.05, 4.69) is 5.32 Å². The van der Waals surface area contributed by atoms with Crippen LogP contribution in [-0.4, -0.2) is 18.3 Å². The molecule has 0 fully saturated rings. The van der Waals surface area contributed by atoms with Crippen LogP contribution in [0.2, 0.25) is 0 Å². The lowest BCUT2D eigenvalue weighted by Crippen LogP contribution is -2.35. The molecular weight excluding hydrogens is 234 g/mol. The van der Waals surface area contributed by atoms with Gasteiger partial charge in [0.05, 0.1) is 0 Å². The summed E-state index contributed by atoms with van der Waals surface area (Å²) in [7, 11) is 0. The van der Waals surface area contributed by atoms with Crippen molar-refractivity contribution >= 4 is 17.5 Å². The summed E-state index contributed by atoms with van der Waals surface area (Å²) in [5.74, 6) is 0.504. The van der Waals surface area contributed by atoms with Gasteiger partial charge in [-0.15, -0.1) is 11.6 Å². The highest BCUT2D eigenvalue weighted by atomic mass is 35.5. The van der Waals surface area contributed by atoms with E-state index in [0.717, 1.165) is 16.7 Å². The Balaban J connectivity index is 2.74. The van der Waals surface area contributed by atoms with Crippen molar-refractivity contribution in [2.75, 3.05) is 12.4 Å². The molecule has 1 amide bonds. The average Bonchev–Trinajstić information content (AvgIpc) is 2.30. The van der Waals surface area contributed by atoms with Gasteiger partial charge >= 0.3 is 0 Å². The predicted molar refractivity (Wildman–Crippen MR) is 72.8 cm³/mol. The van der Waals surface area contributed by atoms with Crippen molar-refractivity contribution in [3.05, 3.63) is 34.9 Å². The van der Waals surface area contributed by atoms with Gasteiger partial charge in [0.1, 0.15) is 0 Å². The number of amides is 1. The number of benzene rings is 1. The molecule has 3 heteroatoms. The second kappa shape index (κ2) is 5.54. The number of rotatable bonds is 4. The average molecular weight is 254 g/mol. The highest BCUT2D eigenvalue weighted by Gasteiger charge is 2.18. The minimum Gasteiger partial charge on any atom is -0.351 e. The number of hydrogen-bond acceptors (Lipinski definition) is 1. The fraction of sp³-hybridized carbons (Fsp3) is 0.500. The first kappa shape index (κ1) is 14.0. The molecule has 0 radical (unpaired) electrons. The van der Waals surface area contributed by atoms with Gasteiger partial charge in [0.2, 0.25) is 0 Å². The molecular formula is C14H20ClNO. The number of carbonyl (C=O) groups is 1. The van der Waals surface area contributed by atoms with Crippen molar-refractivity contribution in [1.29, 1.82) is 0 Å². The van der Waals surface area contributed by atoms with E-state index in [0.29, 0.717) is 12.4 Å². The second-order valence-electron chi connectivity index (χ2n) is 5.23. The molecule has 1 N–H and O–H groups in total. The standard InChI is InChI=1S/C14H20ClNO/c1-10-6-5-7-12(11(10)2)13(17)16-9-14(3,4)8-15/h5-7H,8-9H2,1-4H3,(H,16,17). The molecule has 0 unspecified atom stereocenters. The molecule has 1 rings (SSSR count). The van der Waals surface area contributed by atoms with Crippen molar-refractivity contribution in [2.24, 2.45) is 5.41 Å². The van der Waals surface area contributed by atoms with Gasteiger partial charge in [0.15, 0.2) is 0 Å². The summed E-state index contributed by atoms with van der Waals surface area (Å²) in [5.41, 5.74) is 2.84. The molecule has 0 spiro atoms. The minimum atomic E-state index is -0.0745. The Bertz CT molecular complexity index is 413. The molecule has 0 aromatic heterocycles. The third-order valence-electron chi connectivity index (χ3n) is 2.94. The van der Waals surface area contributed by atoms with E-state index in [4.69, 9.17) is 11.6 Å². The van der Waals surface area contributed by atoms with Gasteiger partial charge in [0, 0.05) is 18.0 Å². The van der Waals surface area contributed by atoms with Gasteiger partial charge < -0.3 is 5.32 Å². The Kier molecular flexibility index (Phi) is 4.58. The molecule has 0 saturated carbocycles. The Labute approximate surface area is 108 Å². The van der Waals surface area contributed by atoms with Crippen molar-refractivity contribution in [3.8, 4) is 0 Å². The smallest absolute Gasteiger partial charge is 0.251 e.